The molecule has 86 valence electrons. The van der Waals surface area contributed by atoms with Gasteiger partial charge in [-0.2, -0.15) is 0 Å². The summed E-state index contributed by atoms with van der Waals surface area (Å²) in [4.78, 5) is 11.0. The first-order valence-corrected chi connectivity index (χ1v) is 5.41. The predicted octanol–water partition coefficient (Wildman–Crippen LogP) is 3.30. The average Bonchev–Trinajstić information content (AvgIpc) is 2.74. The number of rotatable bonds is 2. The number of hydrogen-bond acceptors (Lipinski definition) is 1. The standard InChI is InChI=1S/C12H12ClFO2/c1-12(2)9(10(12)11(15)16)6-3-4-8(14)7(13)5-6/h3-5,9-10H,1-2H3,(H,15,16)/t9?,10-/m0/s1. The van der Waals surface area contributed by atoms with Gasteiger partial charge >= 0.3 is 5.97 Å². The lowest BCUT2D eigenvalue weighted by Crippen LogP contribution is -2.03. The summed E-state index contributed by atoms with van der Waals surface area (Å²) >= 11 is 5.68. The maximum atomic E-state index is 13.0. The first kappa shape index (κ1) is 11.4. The fraction of sp³-hybridized carbons (Fsp3) is 0.417. The Morgan fingerprint density at radius 1 is 1.50 bits per heavy atom. The fourth-order valence-electron chi connectivity index (χ4n) is 2.43. The van der Waals surface area contributed by atoms with Crippen LogP contribution in [-0.4, -0.2) is 11.1 Å². The summed E-state index contributed by atoms with van der Waals surface area (Å²) in [6.07, 6.45) is 0. The molecule has 0 saturated heterocycles. The monoisotopic (exact) mass is 242 g/mol. The smallest absolute Gasteiger partial charge is 0.307 e. The molecule has 2 rings (SSSR count). The van der Waals surface area contributed by atoms with Crippen molar-refractivity contribution in [3.8, 4) is 0 Å². The van der Waals surface area contributed by atoms with Crippen molar-refractivity contribution in [3.63, 3.8) is 0 Å². The van der Waals surface area contributed by atoms with E-state index in [1.165, 1.54) is 12.1 Å². The van der Waals surface area contributed by atoms with Gasteiger partial charge in [-0.1, -0.05) is 31.5 Å². The molecule has 1 fully saturated rings. The molecule has 0 aliphatic heterocycles. The van der Waals surface area contributed by atoms with E-state index in [2.05, 4.69) is 0 Å². The van der Waals surface area contributed by atoms with Gasteiger partial charge in [0.2, 0.25) is 0 Å². The summed E-state index contributed by atoms with van der Waals surface area (Å²) < 4.78 is 13.0. The van der Waals surface area contributed by atoms with E-state index >= 15 is 0 Å². The van der Waals surface area contributed by atoms with Crippen LogP contribution in [0.4, 0.5) is 4.39 Å². The van der Waals surface area contributed by atoms with Gasteiger partial charge in [-0.05, 0) is 23.1 Å². The van der Waals surface area contributed by atoms with Crippen molar-refractivity contribution in [2.75, 3.05) is 0 Å². The molecule has 0 spiro atoms. The van der Waals surface area contributed by atoms with Crippen LogP contribution in [0.2, 0.25) is 5.02 Å². The van der Waals surface area contributed by atoms with Crippen molar-refractivity contribution in [1.29, 1.82) is 0 Å². The minimum Gasteiger partial charge on any atom is -0.481 e. The molecule has 1 aromatic rings. The van der Waals surface area contributed by atoms with E-state index in [4.69, 9.17) is 16.7 Å². The number of aliphatic carboxylic acids is 1. The molecule has 0 aromatic heterocycles. The molecule has 2 nitrogen and oxygen atoms in total. The Kier molecular flexibility index (Phi) is 2.46. The highest BCUT2D eigenvalue weighted by Crippen LogP contribution is 2.64. The molecule has 4 heteroatoms. The van der Waals surface area contributed by atoms with Gasteiger partial charge in [0.1, 0.15) is 5.82 Å². The van der Waals surface area contributed by atoms with E-state index in [0.29, 0.717) is 0 Å². The quantitative estimate of drug-likeness (QED) is 0.864. The molecule has 1 unspecified atom stereocenters. The zero-order valence-corrected chi connectivity index (χ0v) is 9.75. The second kappa shape index (κ2) is 3.45. The molecule has 0 amide bonds. The number of carboxylic acid groups (broad SMARTS) is 1. The van der Waals surface area contributed by atoms with Crippen LogP contribution in [0.15, 0.2) is 18.2 Å². The summed E-state index contributed by atoms with van der Waals surface area (Å²) in [5.41, 5.74) is 0.510. The van der Waals surface area contributed by atoms with Gasteiger partial charge in [-0.15, -0.1) is 0 Å². The SMILES string of the molecule is CC1(C)C(c2ccc(F)c(Cl)c2)[C@H]1C(=O)O. The van der Waals surface area contributed by atoms with Gasteiger partial charge in [0, 0.05) is 5.92 Å². The molecule has 2 atom stereocenters. The first-order chi connectivity index (χ1) is 7.35. The van der Waals surface area contributed by atoms with Gasteiger partial charge in [0.05, 0.1) is 10.9 Å². The van der Waals surface area contributed by atoms with Gasteiger partial charge in [-0.25, -0.2) is 4.39 Å². The molecule has 1 aliphatic carbocycles. The lowest BCUT2D eigenvalue weighted by atomic mass is 10.0. The second-order valence-corrected chi connectivity index (χ2v) is 5.20. The molecule has 0 radical (unpaired) electrons. The zero-order valence-electron chi connectivity index (χ0n) is 9.00. The Labute approximate surface area is 98.0 Å². The first-order valence-electron chi connectivity index (χ1n) is 5.03. The molecule has 1 aliphatic rings. The van der Waals surface area contributed by atoms with E-state index in [0.717, 1.165) is 5.56 Å². The van der Waals surface area contributed by atoms with Gasteiger partial charge < -0.3 is 5.11 Å². The van der Waals surface area contributed by atoms with E-state index in [1.54, 1.807) is 6.07 Å². The lowest BCUT2D eigenvalue weighted by Gasteiger charge is -2.03. The van der Waals surface area contributed by atoms with Crippen LogP contribution in [0.1, 0.15) is 25.3 Å². The number of benzene rings is 1. The number of hydrogen-bond donors (Lipinski definition) is 1. The Hall–Kier alpha value is -1.09. The number of carbonyl (C=O) groups is 1. The maximum absolute atomic E-state index is 13.0. The van der Waals surface area contributed by atoms with Crippen LogP contribution in [0, 0.1) is 17.2 Å². The number of carboxylic acids is 1. The van der Waals surface area contributed by atoms with Gasteiger partial charge in [0.15, 0.2) is 0 Å². The van der Waals surface area contributed by atoms with Gasteiger partial charge in [0.25, 0.3) is 0 Å². The highest BCUT2D eigenvalue weighted by Gasteiger charge is 2.62. The zero-order chi connectivity index (χ0) is 12.1. The van der Waals surface area contributed by atoms with Crippen LogP contribution >= 0.6 is 11.6 Å². The molecule has 1 aromatic carbocycles. The average molecular weight is 243 g/mol. The third-order valence-electron chi connectivity index (χ3n) is 3.40. The minimum absolute atomic E-state index is 0.0457. The van der Waals surface area contributed by atoms with Crippen LogP contribution in [0.25, 0.3) is 0 Å². The molecular formula is C12H12ClFO2. The van der Waals surface area contributed by atoms with Crippen molar-refractivity contribution in [1.82, 2.24) is 0 Å². The van der Waals surface area contributed by atoms with E-state index < -0.39 is 17.7 Å². The summed E-state index contributed by atoms with van der Waals surface area (Å²) in [6.45, 7) is 3.79. The van der Waals surface area contributed by atoms with E-state index in [1.807, 2.05) is 13.8 Å². The van der Waals surface area contributed by atoms with Crippen LogP contribution in [0.5, 0.6) is 0 Å². The van der Waals surface area contributed by atoms with Gasteiger partial charge in [-0.3, -0.25) is 4.79 Å². The van der Waals surface area contributed by atoms with E-state index in [-0.39, 0.29) is 16.4 Å². The minimum atomic E-state index is -0.810. The highest BCUT2D eigenvalue weighted by molar-refractivity contribution is 6.30. The van der Waals surface area contributed by atoms with Crippen molar-refractivity contribution >= 4 is 17.6 Å². The molecule has 1 N–H and O–H groups in total. The lowest BCUT2D eigenvalue weighted by molar-refractivity contribution is -0.139. The fourth-order valence-corrected chi connectivity index (χ4v) is 2.62. The molecular weight excluding hydrogens is 231 g/mol. The predicted molar refractivity (Wildman–Crippen MR) is 59.1 cm³/mol. The Balaban J connectivity index is 2.33. The van der Waals surface area contributed by atoms with Crippen molar-refractivity contribution in [2.45, 2.75) is 19.8 Å². The maximum Gasteiger partial charge on any atom is 0.307 e. The highest BCUT2D eigenvalue weighted by atomic mass is 35.5. The number of halogens is 2. The third-order valence-corrected chi connectivity index (χ3v) is 3.69. The van der Waals surface area contributed by atoms with Crippen LogP contribution < -0.4 is 0 Å². The van der Waals surface area contributed by atoms with Crippen molar-refractivity contribution in [2.24, 2.45) is 11.3 Å². The van der Waals surface area contributed by atoms with Crippen LogP contribution in [0.3, 0.4) is 0 Å². The normalized spacial score (nSPS) is 26.5. The third kappa shape index (κ3) is 1.59. The summed E-state index contributed by atoms with van der Waals surface area (Å²) in [7, 11) is 0. The Morgan fingerprint density at radius 2 is 2.12 bits per heavy atom. The second-order valence-electron chi connectivity index (χ2n) is 4.79. The molecule has 1 saturated carbocycles. The largest absolute Gasteiger partial charge is 0.481 e. The molecule has 0 heterocycles. The molecule has 0 bridgehead atoms. The topological polar surface area (TPSA) is 37.3 Å². The van der Waals surface area contributed by atoms with Crippen molar-refractivity contribution < 1.29 is 14.3 Å². The Morgan fingerprint density at radius 3 is 2.56 bits per heavy atom. The Bertz CT molecular complexity index is 456. The molecule has 16 heavy (non-hydrogen) atoms. The van der Waals surface area contributed by atoms with E-state index in [9.17, 15) is 9.18 Å². The summed E-state index contributed by atoms with van der Waals surface area (Å²) in [5, 5.41) is 9.08. The van der Waals surface area contributed by atoms with Crippen molar-refractivity contribution in [3.05, 3.63) is 34.6 Å². The summed E-state index contributed by atoms with van der Waals surface area (Å²) in [6, 6.07) is 4.41. The summed E-state index contributed by atoms with van der Waals surface area (Å²) in [5.74, 6) is -1.77. The van der Waals surface area contributed by atoms with Crippen LogP contribution in [-0.2, 0) is 4.79 Å².